The van der Waals surface area contributed by atoms with E-state index in [4.69, 9.17) is 5.11 Å². The van der Waals surface area contributed by atoms with Crippen LogP contribution in [0.4, 0.5) is 5.82 Å². The minimum absolute atomic E-state index is 0.0113. The van der Waals surface area contributed by atoms with E-state index in [1.54, 1.807) is 11.0 Å². The minimum Gasteiger partial charge on any atom is -0.481 e. The molecule has 0 spiro atoms. The van der Waals surface area contributed by atoms with Gasteiger partial charge in [-0.1, -0.05) is 6.92 Å². The molecule has 0 bridgehead atoms. The second kappa shape index (κ2) is 6.21. The molecule has 1 aliphatic heterocycles. The Kier molecular flexibility index (Phi) is 4.72. The molecule has 1 saturated heterocycles. The van der Waals surface area contributed by atoms with Crippen LogP contribution in [0.5, 0.6) is 0 Å². The van der Waals surface area contributed by atoms with Crippen molar-refractivity contribution in [1.29, 1.82) is 0 Å². The number of pyridine rings is 1. The first-order valence-corrected chi connectivity index (χ1v) is 8.52. The van der Waals surface area contributed by atoms with Crippen molar-refractivity contribution >= 4 is 21.8 Å². The summed E-state index contributed by atoms with van der Waals surface area (Å²) < 4.78 is 26.6. The summed E-state index contributed by atoms with van der Waals surface area (Å²) in [5.74, 6) is -0.937. The molecule has 2 atom stereocenters. The van der Waals surface area contributed by atoms with E-state index in [9.17, 15) is 13.2 Å². The fourth-order valence-electron chi connectivity index (χ4n) is 2.62. The molecule has 1 fully saturated rings. The number of hydrogen-bond donors (Lipinski definition) is 1. The molecule has 2 unspecified atom stereocenters. The van der Waals surface area contributed by atoms with Crippen LogP contribution in [0.3, 0.4) is 0 Å². The van der Waals surface area contributed by atoms with Crippen LogP contribution < -0.4 is 4.90 Å². The van der Waals surface area contributed by atoms with E-state index in [0.29, 0.717) is 18.8 Å². The number of carboxylic acids is 1. The predicted molar refractivity (Wildman–Crippen MR) is 82.2 cm³/mol. The number of piperidine rings is 1. The van der Waals surface area contributed by atoms with Gasteiger partial charge in [0.2, 0.25) is 10.0 Å². The largest absolute Gasteiger partial charge is 0.481 e. The molecule has 7 nitrogen and oxygen atoms in total. The number of sulfonamides is 1. The van der Waals surface area contributed by atoms with Crippen molar-refractivity contribution in [1.82, 2.24) is 9.29 Å². The molecule has 0 aliphatic carbocycles. The molecule has 0 radical (unpaired) electrons. The molecule has 1 aliphatic rings. The molecule has 0 aromatic carbocycles. The van der Waals surface area contributed by atoms with Gasteiger partial charge in [0, 0.05) is 33.4 Å². The summed E-state index contributed by atoms with van der Waals surface area (Å²) in [5, 5.41) is 9.17. The summed E-state index contributed by atoms with van der Waals surface area (Å²) in [5.41, 5.74) is 0. The molecule has 2 heterocycles. The highest BCUT2D eigenvalue weighted by molar-refractivity contribution is 7.89. The zero-order chi connectivity index (χ0) is 16.5. The summed E-state index contributed by atoms with van der Waals surface area (Å²) in [6.07, 6.45) is 1.82. The van der Waals surface area contributed by atoms with Crippen molar-refractivity contribution in [2.75, 3.05) is 32.1 Å². The number of rotatable bonds is 4. The number of hydrogen-bond acceptors (Lipinski definition) is 5. The topological polar surface area (TPSA) is 90.8 Å². The van der Waals surface area contributed by atoms with E-state index < -0.39 is 21.9 Å². The lowest BCUT2D eigenvalue weighted by Gasteiger charge is -2.33. The molecule has 2 rings (SSSR count). The normalized spacial score (nSPS) is 23.2. The van der Waals surface area contributed by atoms with E-state index >= 15 is 0 Å². The maximum Gasteiger partial charge on any atom is 0.307 e. The molecular weight excluding hydrogens is 306 g/mol. The average molecular weight is 327 g/mol. The standard InChI is InChI=1S/C14H21N3O4S/c1-10-6-11(14(18)19)9-17(8-10)22(20,21)12-4-5-13(15-7-12)16(2)3/h4-5,7,10-11H,6,8-9H2,1-3H3,(H,18,19). The van der Waals surface area contributed by atoms with Gasteiger partial charge >= 0.3 is 5.97 Å². The van der Waals surface area contributed by atoms with Gasteiger partial charge in [-0.25, -0.2) is 13.4 Å². The Morgan fingerprint density at radius 3 is 2.55 bits per heavy atom. The maximum atomic E-state index is 12.7. The number of anilines is 1. The van der Waals surface area contributed by atoms with Crippen LogP contribution in [0.15, 0.2) is 23.2 Å². The third-order valence-electron chi connectivity index (χ3n) is 3.79. The van der Waals surface area contributed by atoms with Gasteiger partial charge in [0.15, 0.2) is 0 Å². The van der Waals surface area contributed by atoms with Crippen LogP contribution >= 0.6 is 0 Å². The first kappa shape index (κ1) is 16.7. The fraction of sp³-hybridized carbons (Fsp3) is 0.571. The van der Waals surface area contributed by atoms with E-state index in [-0.39, 0.29) is 17.4 Å². The number of carboxylic acid groups (broad SMARTS) is 1. The third kappa shape index (κ3) is 3.38. The smallest absolute Gasteiger partial charge is 0.307 e. The van der Waals surface area contributed by atoms with Crippen molar-refractivity contribution in [2.24, 2.45) is 11.8 Å². The van der Waals surface area contributed by atoms with E-state index in [1.807, 2.05) is 21.0 Å². The quantitative estimate of drug-likeness (QED) is 0.883. The van der Waals surface area contributed by atoms with Gasteiger partial charge in [-0.3, -0.25) is 4.79 Å². The maximum absolute atomic E-state index is 12.7. The Morgan fingerprint density at radius 2 is 2.05 bits per heavy atom. The lowest BCUT2D eigenvalue weighted by molar-refractivity contribution is -0.143. The number of carbonyl (C=O) groups is 1. The molecule has 1 aromatic rings. The van der Waals surface area contributed by atoms with Crippen LogP contribution in [0.2, 0.25) is 0 Å². The number of aliphatic carboxylic acids is 1. The first-order valence-electron chi connectivity index (χ1n) is 7.08. The van der Waals surface area contributed by atoms with Crippen LogP contribution in [0, 0.1) is 11.8 Å². The predicted octanol–water partition coefficient (Wildman–Crippen LogP) is 0.879. The Labute approximate surface area is 130 Å². The van der Waals surface area contributed by atoms with Crippen LogP contribution in [-0.4, -0.2) is 56.0 Å². The summed E-state index contributed by atoms with van der Waals surface area (Å²) in [6, 6.07) is 3.14. The Balaban J connectivity index is 2.27. The summed E-state index contributed by atoms with van der Waals surface area (Å²) >= 11 is 0. The molecule has 0 amide bonds. The monoisotopic (exact) mass is 327 g/mol. The summed E-state index contributed by atoms with van der Waals surface area (Å²) in [4.78, 5) is 17.2. The molecule has 0 saturated carbocycles. The molecule has 8 heteroatoms. The Hall–Kier alpha value is -1.67. The van der Waals surface area contributed by atoms with Crippen molar-refractivity contribution in [3.63, 3.8) is 0 Å². The second-order valence-electron chi connectivity index (χ2n) is 5.94. The fourth-order valence-corrected chi connectivity index (χ4v) is 4.17. The highest BCUT2D eigenvalue weighted by Gasteiger charge is 2.36. The zero-order valence-corrected chi connectivity index (χ0v) is 13.7. The lowest BCUT2D eigenvalue weighted by Crippen LogP contribution is -2.45. The zero-order valence-electron chi connectivity index (χ0n) is 12.9. The van der Waals surface area contributed by atoms with Gasteiger partial charge in [-0.15, -0.1) is 0 Å². The second-order valence-corrected chi connectivity index (χ2v) is 7.88. The van der Waals surface area contributed by atoms with Gasteiger partial charge in [0.05, 0.1) is 5.92 Å². The van der Waals surface area contributed by atoms with E-state index in [0.717, 1.165) is 0 Å². The Morgan fingerprint density at radius 1 is 1.36 bits per heavy atom. The first-order chi connectivity index (χ1) is 10.2. The minimum atomic E-state index is -3.71. The van der Waals surface area contributed by atoms with Crippen LogP contribution in [0.25, 0.3) is 0 Å². The van der Waals surface area contributed by atoms with Gasteiger partial charge in [-0.2, -0.15) is 4.31 Å². The van der Waals surface area contributed by atoms with E-state index in [2.05, 4.69) is 4.98 Å². The van der Waals surface area contributed by atoms with Gasteiger partial charge in [0.25, 0.3) is 0 Å². The van der Waals surface area contributed by atoms with Gasteiger partial charge in [-0.05, 0) is 24.5 Å². The molecule has 22 heavy (non-hydrogen) atoms. The molecule has 1 aromatic heterocycles. The highest BCUT2D eigenvalue weighted by Crippen LogP contribution is 2.27. The van der Waals surface area contributed by atoms with E-state index in [1.165, 1.54) is 16.6 Å². The number of nitrogens with zero attached hydrogens (tertiary/aromatic N) is 3. The lowest BCUT2D eigenvalue weighted by atomic mass is 9.92. The van der Waals surface area contributed by atoms with Crippen molar-refractivity contribution in [3.05, 3.63) is 18.3 Å². The van der Waals surface area contributed by atoms with Crippen LogP contribution in [0.1, 0.15) is 13.3 Å². The SMILES string of the molecule is CC1CC(C(=O)O)CN(S(=O)(=O)c2ccc(N(C)C)nc2)C1. The summed E-state index contributed by atoms with van der Waals surface area (Å²) in [6.45, 7) is 2.21. The van der Waals surface area contributed by atoms with Crippen molar-refractivity contribution in [2.45, 2.75) is 18.2 Å². The summed E-state index contributed by atoms with van der Waals surface area (Å²) in [7, 11) is -0.0754. The van der Waals surface area contributed by atoms with Gasteiger partial charge in [0.1, 0.15) is 10.7 Å². The third-order valence-corrected chi connectivity index (χ3v) is 5.61. The number of aromatic nitrogens is 1. The van der Waals surface area contributed by atoms with Crippen molar-refractivity contribution < 1.29 is 18.3 Å². The Bertz CT molecular complexity index is 643. The van der Waals surface area contributed by atoms with Crippen molar-refractivity contribution in [3.8, 4) is 0 Å². The molecule has 122 valence electrons. The van der Waals surface area contributed by atoms with Gasteiger partial charge < -0.3 is 10.0 Å². The molecule has 1 N–H and O–H groups in total. The highest BCUT2D eigenvalue weighted by atomic mass is 32.2. The average Bonchev–Trinajstić information content (AvgIpc) is 2.46. The van der Waals surface area contributed by atoms with Crippen LogP contribution in [-0.2, 0) is 14.8 Å². The molecular formula is C14H21N3O4S.